The number of carboxylic acid groups (broad SMARTS) is 1. The molecule has 0 aliphatic rings. The van der Waals surface area contributed by atoms with Crippen LogP contribution in [0.1, 0.15) is 11.3 Å². The molecule has 0 fully saturated rings. The standard InChI is InChI=1S/C23H29N7O7/c24-15(5-12-7-26-16-4-2-1-3-14(12)16)20(33)29-18(9-31)22(35)28-17(6-13-8-25-11-27-13)21(34)30-19(10-32)23(36)37/h1-4,7-8,11,15,17-19,26,31-32H,5-6,9-10,24H2,(H,25,27)(H,28,35)(H,29,33)(H,30,34)(H,36,37). The second-order valence-corrected chi connectivity index (χ2v) is 8.34. The summed E-state index contributed by atoms with van der Waals surface area (Å²) in [6, 6.07) is 2.10. The van der Waals surface area contributed by atoms with Crippen LogP contribution in [0.3, 0.4) is 0 Å². The van der Waals surface area contributed by atoms with E-state index in [-0.39, 0.29) is 12.8 Å². The SMILES string of the molecule is NC(Cc1c[nH]c2ccccc12)C(=O)NC(CO)C(=O)NC(Cc1cnc[nH]1)C(=O)NC(CO)C(=O)O. The summed E-state index contributed by atoms with van der Waals surface area (Å²) < 4.78 is 0. The highest BCUT2D eigenvalue weighted by Gasteiger charge is 2.30. The smallest absolute Gasteiger partial charge is 0.328 e. The lowest BCUT2D eigenvalue weighted by molar-refractivity contribution is -0.143. The molecule has 0 saturated carbocycles. The van der Waals surface area contributed by atoms with Crippen LogP contribution in [0.5, 0.6) is 0 Å². The number of hydrogen-bond donors (Lipinski definition) is 9. The van der Waals surface area contributed by atoms with E-state index in [4.69, 9.17) is 10.8 Å². The minimum atomic E-state index is -1.59. The third-order valence-corrected chi connectivity index (χ3v) is 5.68. The summed E-state index contributed by atoms with van der Waals surface area (Å²) in [5.41, 5.74) is 8.18. The van der Waals surface area contributed by atoms with Crippen molar-refractivity contribution in [3.8, 4) is 0 Å². The summed E-state index contributed by atoms with van der Waals surface area (Å²) in [4.78, 5) is 59.1. The van der Waals surface area contributed by atoms with E-state index in [0.29, 0.717) is 5.69 Å². The van der Waals surface area contributed by atoms with Crippen LogP contribution in [0.15, 0.2) is 43.0 Å². The van der Waals surface area contributed by atoms with E-state index < -0.39 is 61.1 Å². The molecule has 2 aromatic heterocycles. The van der Waals surface area contributed by atoms with Crippen molar-refractivity contribution in [1.82, 2.24) is 30.9 Å². The molecule has 0 radical (unpaired) electrons. The Morgan fingerprint density at radius 1 is 0.892 bits per heavy atom. The molecule has 0 bridgehead atoms. The Balaban J connectivity index is 1.65. The zero-order valence-electron chi connectivity index (χ0n) is 19.7. The molecule has 3 amide bonds. The molecule has 4 unspecified atom stereocenters. The lowest BCUT2D eigenvalue weighted by Crippen LogP contribution is -2.59. The van der Waals surface area contributed by atoms with Gasteiger partial charge in [-0.05, 0) is 18.1 Å². The minimum absolute atomic E-state index is 0.110. The highest BCUT2D eigenvalue weighted by atomic mass is 16.4. The molecule has 0 saturated heterocycles. The third kappa shape index (κ3) is 7.13. The number of carbonyl (C=O) groups is 4. The molecular formula is C23H29N7O7. The number of imidazole rings is 1. The van der Waals surface area contributed by atoms with Crippen molar-refractivity contribution in [2.75, 3.05) is 13.2 Å². The number of nitrogens with two attached hydrogens (primary N) is 1. The molecule has 14 heteroatoms. The quantitative estimate of drug-likeness (QED) is 0.117. The Morgan fingerprint density at radius 3 is 2.19 bits per heavy atom. The summed E-state index contributed by atoms with van der Waals surface area (Å²) in [7, 11) is 0. The van der Waals surface area contributed by atoms with E-state index in [9.17, 15) is 29.4 Å². The van der Waals surface area contributed by atoms with E-state index in [1.165, 1.54) is 12.5 Å². The molecule has 14 nitrogen and oxygen atoms in total. The Labute approximate surface area is 210 Å². The number of aliphatic carboxylic acids is 1. The van der Waals surface area contributed by atoms with Gasteiger partial charge in [0.05, 0.1) is 25.6 Å². The lowest BCUT2D eigenvalue weighted by Gasteiger charge is -2.24. The van der Waals surface area contributed by atoms with Crippen LogP contribution < -0.4 is 21.7 Å². The molecule has 1 aromatic carbocycles. The average Bonchev–Trinajstić information content (AvgIpc) is 3.55. The fourth-order valence-corrected chi connectivity index (χ4v) is 3.66. The maximum Gasteiger partial charge on any atom is 0.328 e. The van der Waals surface area contributed by atoms with Crippen LogP contribution in [-0.2, 0) is 32.0 Å². The van der Waals surface area contributed by atoms with Crippen LogP contribution in [0, 0.1) is 0 Å². The first-order valence-corrected chi connectivity index (χ1v) is 11.4. The number of aromatic nitrogens is 3. The second kappa shape index (κ2) is 12.6. The fourth-order valence-electron chi connectivity index (χ4n) is 3.66. The van der Waals surface area contributed by atoms with Gasteiger partial charge in [-0.25, -0.2) is 9.78 Å². The van der Waals surface area contributed by atoms with Gasteiger partial charge in [0.2, 0.25) is 17.7 Å². The molecule has 198 valence electrons. The molecule has 37 heavy (non-hydrogen) atoms. The van der Waals surface area contributed by atoms with Gasteiger partial charge in [-0.1, -0.05) is 18.2 Å². The Kier molecular flexibility index (Phi) is 9.32. The van der Waals surface area contributed by atoms with Crippen LogP contribution in [0.2, 0.25) is 0 Å². The molecule has 3 rings (SSSR count). The summed E-state index contributed by atoms with van der Waals surface area (Å²) >= 11 is 0. The molecule has 0 aliphatic carbocycles. The van der Waals surface area contributed by atoms with E-state index in [1.807, 2.05) is 24.3 Å². The average molecular weight is 516 g/mol. The largest absolute Gasteiger partial charge is 0.480 e. The van der Waals surface area contributed by atoms with Crippen molar-refractivity contribution in [2.45, 2.75) is 37.0 Å². The predicted octanol–water partition coefficient (Wildman–Crippen LogP) is -2.47. The van der Waals surface area contributed by atoms with E-state index in [1.54, 1.807) is 6.20 Å². The molecule has 0 aliphatic heterocycles. The number of aromatic amines is 2. The number of benzene rings is 1. The van der Waals surface area contributed by atoms with Crippen LogP contribution in [0.4, 0.5) is 0 Å². The van der Waals surface area contributed by atoms with Gasteiger partial charge in [-0.15, -0.1) is 0 Å². The minimum Gasteiger partial charge on any atom is -0.480 e. The van der Waals surface area contributed by atoms with E-state index >= 15 is 0 Å². The van der Waals surface area contributed by atoms with Crippen LogP contribution >= 0.6 is 0 Å². The fraction of sp³-hybridized carbons (Fsp3) is 0.348. The predicted molar refractivity (Wildman–Crippen MR) is 130 cm³/mol. The van der Waals surface area contributed by atoms with Crippen molar-refractivity contribution in [3.63, 3.8) is 0 Å². The maximum absolute atomic E-state index is 12.9. The number of nitrogens with one attached hydrogen (secondary N) is 5. The third-order valence-electron chi connectivity index (χ3n) is 5.68. The first-order chi connectivity index (χ1) is 17.7. The van der Waals surface area contributed by atoms with Gasteiger partial charge in [0.15, 0.2) is 0 Å². The lowest BCUT2D eigenvalue weighted by atomic mass is 10.0. The van der Waals surface area contributed by atoms with Gasteiger partial charge in [0, 0.05) is 35.4 Å². The van der Waals surface area contributed by atoms with Crippen molar-refractivity contribution in [1.29, 1.82) is 0 Å². The maximum atomic E-state index is 12.9. The number of aliphatic hydroxyl groups excluding tert-OH is 2. The van der Waals surface area contributed by atoms with Gasteiger partial charge in [0.1, 0.15) is 18.1 Å². The first kappa shape index (κ1) is 27.3. The number of para-hydroxylation sites is 1. The Bertz CT molecular complexity index is 1230. The topological polar surface area (TPSA) is 236 Å². The number of carbonyl (C=O) groups excluding carboxylic acids is 3. The Morgan fingerprint density at radius 2 is 1.54 bits per heavy atom. The zero-order valence-corrected chi connectivity index (χ0v) is 19.7. The van der Waals surface area contributed by atoms with Crippen molar-refractivity contribution in [3.05, 3.63) is 54.2 Å². The number of rotatable bonds is 13. The van der Waals surface area contributed by atoms with Crippen molar-refractivity contribution < 1.29 is 34.5 Å². The van der Waals surface area contributed by atoms with Gasteiger partial charge in [-0.3, -0.25) is 14.4 Å². The van der Waals surface area contributed by atoms with Crippen molar-refractivity contribution in [2.24, 2.45) is 5.73 Å². The molecular weight excluding hydrogens is 486 g/mol. The van der Waals surface area contributed by atoms with Gasteiger partial charge < -0.3 is 47.0 Å². The van der Waals surface area contributed by atoms with Gasteiger partial charge >= 0.3 is 5.97 Å². The number of carboxylic acids is 1. The zero-order chi connectivity index (χ0) is 26.9. The summed E-state index contributed by atoms with van der Waals surface area (Å²) in [6.45, 7) is -1.65. The van der Waals surface area contributed by atoms with Gasteiger partial charge in [0.25, 0.3) is 0 Å². The molecule has 3 aromatic rings. The first-order valence-electron chi connectivity index (χ1n) is 11.4. The van der Waals surface area contributed by atoms with Crippen LogP contribution in [-0.4, -0.2) is 91.3 Å². The summed E-state index contributed by atoms with van der Waals surface area (Å²) in [6.07, 6.45) is 4.55. The molecule has 4 atom stereocenters. The Hall–Kier alpha value is -4.27. The normalized spacial score (nSPS) is 14.4. The van der Waals surface area contributed by atoms with Crippen LogP contribution in [0.25, 0.3) is 10.9 Å². The molecule has 10 N–H and O–H groups in total. The number of nitrogens with zero attached hydrogens (tertiary/aromatic N) is 1. The number of amides is 3. The highest BCUT2D eigenvalue weighted by Crippen LogP contribution is 2.18. The van der Waals surface area contributed by atoms with E-state index in [0.717, 1.165) is 16.5 Å². The monoisotopic (exact) mass is 515 g/mol. The molecule has 2 heterocycles. The molecule has 0 spiro atoms. The summed E-state index contributed by atoms with van der Waals surface area (Å²) in [5.74, 6) is -3.96. The van der Waals surface area contributed by atoms with Crippen molar-refractivity contribution >= 4 is 34.6 Å². The second-order valence-electron chi connectivity index (χ2n) is 8.34. The summed E-state index contributed by atoms with van der Waals surface area (Å²) in [5, 5.41) is 35.8. The number of H-pyrrole nitrogens is 2. The van der Waals surface area contributed by atoms with Gasteiger partial charge in [-0.2, -0.15) is 0 Å². The number of aliphatic hydroxyl groups is 2. The van der Waals surface area contributed by atoms with E-state index in [2.05, 4.69) is 30.9 Å². The number of fused-ring (bicyclic) bond motifs is 1. The highest BCUT2D eigenvalue weighted by molar-refractivity contribution is 5.94. The number of hydrogen-bond acceptors (Lipinski definition) is 8.